The molecular weight excluding hydrogens is 314 g/mol. The molecule has 1 aromatic heterocycles. The Kier molecular flexibility index (Phi) is 5.12. The van der Waals surface area contributed by atoms with Gasteiger partial charge in [0.05, 0.1) is 0 Å². The van der Waals surface area contributed by atoms with Crippen LogP contribution in [0.15, 0.2) is 42.6 Å². The number of rotatable bonds is 4. The van der Waals surface area contributed by atoms with Crippen LogP contribution in [0.3, 0.4) is 0 Å². The molecule has 1 N–H and O–H groups in total. The van der Waals surface area contributed by atoms with Crippen molar-refractivity contribution in [3.8, 4) is 0 Å². The quantitative estimate of drug-likeness (QED) is 0.932. The van der Waals surface area contributed by atoms with Crippen LogP contribution in [-0.2, 0) is 6.42 Å². The van der Waals surface area contributed by atoms with Gasteiger partial charge in [-0.05, 0) is 49.9 Å². The fourth-order valence-electron chi connectivity index (χ4n) is 2.98. The number of nitrogens with one attached hydrogen (secondary N) is 1. The molecule has 0 bridgehead atoms. The highest BCUT2D eigenvalue weighted by Crippen LogP contribution is 2.27. The predicted molar refractivity (Wildman–Crippen MR) is 97.9 cm³/mol. The zero-order valence-corrected chi connectivity index (χ0v) is 14.7. The Bertz CT molecular complexity index is 788. The Morgan fingerprint density at radius 2 is 2.08 bits per heavy atom. The third-order valence-corrected chi connectivity index (χ3v) is 4.59. The van der Waals surface area contributed by atoms with E-state index in [1.54, 1.807) is 17.0 Å². The number of benzene rings is 1. The molecular formula is C20H23N3O2. The van der Waals surface area contributed by atoms with E-state index in [9.17, 15) is 9.59 Å². The second-order valence-electron chi connectivity index (χ2n) is 6.40. The number of pyridine rings is 1. The molecule has 1 unspecified atom stereocenters. The summed E-state index contributed by atoms with van der Waals surface area (Å²) in [7, 11) is 0. The number of carbonyl (C=O) groups is 2. The average molecular weight is 337 g/mol. The Hall–Kier alpha value is -2.69. The van der Waals surface area contributed by atoms with Crippen LogP contribution in [0.25, 0.3) is 0 Å². The van der Waals surface area contributed by atoms with E-state index in [-0.39, 0.29) is 17.9 Å². The number of nitrogens with zero attached hydrogens (tertiary/aromatic N) is 2. The van der Waals surface area contributed by atoms with E-state index in [1.807, 2.05) is 32.0 Å². The third-order valence-electron chi connectivity index (χ3n) is 4.59. The largest absolute Gasteiger partial charge is 0.350 e. The van der Waals surface area contributed by atoms with Crippen LogP contribution < -0.4 is 10.2 Å². The normalized spacial score (nSPS) is 14.6. The number of aryl methyl sites for hydroxylation is 1. The molecule has 3 rings (SSSR count). The van der Waals surface area contributed by atoms with Crippen molar-refractivity contribution in [1.82, 2.24) is 10.3 Å². The maximum Gasteiger partial charge on any atom is 0.276 e. The molecule has 0 spiro atoms. The first-order valence-corrected chi connectivity index (χ1v) is 8.77. The predicted octanol–water partition coefficient (Wildman–Crippen LogP) is 3.20. The molecule has 1 aliphatic rings. The minimum Gasteiger partial charge on any atom is -0.350 e. The van der Waals surface area contributed by atoms with Crippen LogP contribution in [0.4, 0.5) is 5.69 Å². The van der Waals surface area contributed by atoms with Gasteiger partial charge in [0.15, 0.2) is 0 Å². The summed E-state index contributed by atoms with van der Waals surface area (Å²) >= 11 is 0. The Morgan fingerprint density at radius 1 is 1.28 bits per heavy atom. The lowest BCUT2D eigenvalue weighted by Gasteiger charge is -2.29. The van der Waals surface area contributed by atoms with Crippen LogP contribution in [-0.4, -0.2) is 29.4 Å². The summed E-state index contributed by atoms with van der Waals surface area (Å²) in [5, 5.41) is 2.92. The Balaban J connectivity index is 1.84. The summed E-state index contributed by atoms with van der Waals surface area (Å²) in [4.78, 5) is 31.2. The van der Waals surface area contributed by atoms with Crippen LogP contribution >= 0.6 is 0 Å². The number of fused-ring (bicyclic) bond motifs is 1. The van der Waals surface area contributed by atoms with Crippen LogP contribution in [0.2, 0.25) is 0 Å². The number of anilines is 1. The second-order valence-corrected chi connectivity index (χ2v) is 6.40. The zero-order chi connectivity index (χ0) is 17.8. The van der Waals surface area contributed by atoms with Crippen molar-refractivity contribution in [2.24, 2.45) is 0 Å². The number of carbonyl (C=O) groups excluding carboxylic acids is 2. The first-order chi connectivity index (χ1) is 12.1. The smallest absolute Gasteiger partial charge is 0.276 e. The van der Waals surface area contributed by atoms with Gasteiger partial charge in [-0.3, -0.25) is 14.6 Å². The SMILES string of the molecule is CCC(C)NC(=O)c1ccnc(C(=O)N2CCCc3ccccc32)c1. The molecule has 5 heteroatoms. The van der Waals surface area contributed by atoms with Crippen molar-refractivity contribution in [2.75, 3.05) is 11.4 Å². The lowest BCUT2D eigenvalue weighted by atomic mass is 10.0. The molecule has 0 radical (unpaired) electrons. The Morgan fingerprint density at radius 3 is 2.88 bits per heavy atom. The minimum absolute atomic E-state index is 0.0915. The molecule has 2 heterocycles. The third kappa shape index (κ3) is 3.71. The van der Waals surface area contributed by atoms with Gasteiger partial charge in [0.25, 0.3) is 11.8 Å². The maximum atomic E-state index is 12.9. The molecule has 25 heavy (non-hydrogen) atoms. The maximum absolute atomic E-state index is 12.9. The summed E-state index contributed by atoms with van der Waals surface area (Å²) in [5.41, 5.74) is 2.88. The molecule has 5 nitrogen and oxygen atoms in total. The fraction of sp³-hybridized carbons (Fsp3) is 0.350. The number of aromatic nitrogens is 1. The molecule has 0 aliphatic carbocycles. The van der Waals surface area contributed by atoms with E-state index in [0.717, 1.165) is 24.9 Å². The van der Waals surface area contributed by atoms with E-state index in [1.165, 1.54) is 11.8 Å². The van der Waals surface area contributed by atoms with E-state index >= 15 is 0 Å². The highest BCUT2D eigenvalue weighted by Gasteiger charge is 2.24. The van der Waals surface area contributed by atoms with Crippen LogP contribution in [0, 0.1) is 0 Å². The summed E-state index contributed by atoms with van der Waals surface area (Å²) in [5.74, 6) is -0.338. The van der Waals surface area contributed by atoms with Gasteiger partial charge in [0.2, 0.25) is 0 Å². The van der Waals surface area contributed by atoms with Gasteiger partial charge < -0.3 is 10.2 Å². The lowest BCUT2D eigenvalue weighted by Crippen LogP contribution is -2.36. The van der Waals surface area contributed by atoms with E-state index in [0.29, 0.717) is 17.8 Å². The van der Waals surface area contributed by atoms with Crippen LogP contribution in [0.5, 0.6) is 0 Å². The molecule has 2 aromatic rings. The minimum atomic E-state index is -0.176. The van der Waals surface area contributed by atoms with Gasteiger partial charge in [-0.25, -0.2) is 0 Å². The highest BCUT2D eigenvalue weighted by molar-refractivity contribution is 6.07. The fourth-order valence-corrected chi connectivity index (χ4v) is 2.98. The van der Waals surface area contributed by atoms with Crippen molar-refractivity contribution in [3.63, 3.8) is 0 Å². The van der Waals surface area contributed by atoms with Crippen molar-refractivity contribution >= 4 is 17.5 Å². The number of para-hydroxylation sites is 1. The monoisotopic (exact) mass is 337 g/mol. The molecule has 130 valence electrons. The standard InChI is InChI=1S/C20H23N3O2/c1-3-14(2)22-19(24)16-10-11-21-17(13-16)20(25)23-12-6-8-15-7-4-5-9-18(15)23/h4-5,7,9-11,13-14H,3,6,8,12H2,1-2H3,(H,22,24). The van der Waals surface area contributed by atoms with E-state index in [4.69, 9.17) is 0 Å². The topological polar surface area (TPSA) is 62.3 Å². The van der Waals surface area contributed by atoms with Gasteiger partial charge in [0.1, 0.15) is 5.69 Å². The van der Waals surface area contributed by atoms with E-state index < -0.39 is 0 Å². The first kappa shape index (κ1) is 17.1. The first-order valence-electron chi connectivity index (χ1n) is 8.77. The molecule has 0 saturated heterocycles. The highest BCUT2D eigenvalue weighted by atomic mass is 16.2. The Labute approximate surface area is 148 Å². The summed E-state index contributed by atoms with van der Waals surface area (Å²) < 4.78 is 0. The molecule has 0 fully saturated rings. The summed E-state index contributed by atoms with van der Waals surface area (Å²) in [6.45, 7) is 4.64. The number of hydrogen-bond donors (Lipinski definition) is 1. The van der Waals surface area contributed by atoms with Crippen molar-refractivity contribution in [1.29, 1.82) is 0 Å². The average Bonchev–Trinajstić information content (AvgIpc) is 2.67. The molecule has 1 aromatic carbocycles. The lowest BCUT2D eigenvalue weighted by molar-refractivity contribution is 0.0939. The molecule has 1 atom stereocenters. The number of hydrogen-bond acceptors (Lipinski definition) is 3. The molecule has 1 aliphatic heterocycles. The van der Waals surface area contributed by atoms with Gasteiger partial charge in [-0.1, -0.05) is 25.1 Å². The second kappa shape index (κ2) is 7.47. The van der Waals surface area contributed by atoms with E-state index in [2.05, 4.69) is 16.4 Å². The van der Waals surface area contributed by atoms with Crippen molar-refractivity contribution in [3.05, 3.63) is 59.4 Å². The van der Waals surface area contributed by atoms with Crippen molar-refractivity contribution in [2.45, 2.75) is 39.2 Å². The zero-order valence-electron chi connectivity index (χ0n) is 14.7. The molecule has 2 amide bonds. The van der Waals surface area contributed by atoms with Gasteiger partial charge in [-0.15, -0.1) is 0 Å². The summed E-state index contributed by atoms with van der Waals surface area (Å²) in [6.07, 6.45) is 4.28. The summed E-state index contributed by atoms with van der Waals surface area (Å²) in [6, 6.07) is 11.3. The van der Waals surface area contributed by atoms with Crippen LogP contribution in [0.1, 0.15) is 53.1 Å². The van der Waals surface area contributed by atoms with Crippen molar-refractivity contribution < 1.29 is 9.59 Å². The van der Waals surface area contributed by atoms with Gasteiger partial charge in [-0.2, -0.15) is 0 Å². The number of amides is 2. The molecule has 0 saturated carbocycles. The van der Waals surface area contributed by atoms with Gasteiger partial charge >= 0.3 is 0 Å². The van der Waals surface area contributed by atoms with Gasteiger partial charge in [0, 0.05) is 30.0 Å².